The first-order chi connectivity index (χ1) is 18.2. The molecule has 0 fully saturated rings. The van der Waals surface area contributed by atoms with Gasteiger partial charge in [0.2, 0.25) is 5.91 Å². The molecule has 0 bridgehead atoms. The predicted molar refractivity (Wildman–Crippen MR) is 153 cm³/mol. The fourth-order valence-corrected chi connectivity index (χ4v) is 6.15. The number of rotatable bonds is 13. The van der Waals surface area contributed by atoms with E-state index in [4.69, 9.17) is 37.4 Å². The summed E-state index contributed by atoms with van der Waals surface area (Å²) in [5, 5.41) is 3.74. The second kappa shape index (κ2) is 13.8. The van der Waals surface area contributed by atoms with E-state index in [0.717, 1.165) is 15.6 Å². The maximum Gasteiger partial charge on any atom is 0.265 e. The van der Waals surface area contributed by atoms with Gasteiger partial charge in [0.15, 0.2) is 11.5 Å². The van der Waals surface area contributed by atoms with E-state index in [1.165, 1.54) is 45.6 Å². The zero-order valence-corrected chi connectivity index (χ0v) is 24.2. The number of hydrogen-bond donors (Lipinski definition) is 1. The van der Waals surface area contributed by atoms with E-state index < -0.39 is 22.5 Å². The number of sulfonamides is 1. The SMILES string of the molecule is COc1ccc(S(=O)(=O)N(CC(=O)NCCSCc2cccc(Cl)c2)c2cc(Cl)ccc2OC)cc1OC. The van der Waals surface area contributed by atoms with Crippen molar-refractivity contribution in [3.05, 3.63) is 76.3 Å². The van der Waals surface area contributed by atoms with Crippen LogP contribution in [-0.4, -0.2) is 54.5 Å². The number of anilines is 1. The van der Waals surface area contributed by atoms with Gasteiger partial charge in [-0.3, -0.25) is 9.10 Å². The number of nitrogens with zero attached hydrogens (tertiary/aromatic N) is 1. The van der Waals surface area contributed by atoms with Crippen molar-refractivity contribution in [2.45, 2.75) is 10.6 Å². The minimum Gasteiger partial charge on any atom is -0.495 e. The molecule has 0 unspecified atom stereocenters. The second-order valence-electron chi connectivity index (χ2n) is 7.88. The predicted octanol–water partition coefficient (Wildman–Crippen LogP) is 5.26. The Morgan fingerprint density at radius 2 is 1.58 bits per heavy atom. The van der Waals surface area contributed by atoms with E-state index in [1.807, 2.05) is 24.3 Å². The van der Waals surface area contributed by atoms with Gasteiger partial charge >= 0.3 is 0 Å². The Morgan fingerprint density at radius 3 is 2.26 bits per heavy atom. The van der Waals surface area contributed by atoms with Gasteiger partial charge in [0.25, 0.3) is 10.0 Å². The largest absolute Gasteiger partial charge is 0.495 e. The maximum absolute atomic E-state index is 13.8. The van der Waals surface area contributed by atoms with Gasteiger partial charge in [-0.25, -0.2) is 8.42 Å². The van der Waals surface area contributed by atoms with Crippen molar-refractivity contribution in [3.63, 3.8) is 0 Å². The summed E-state index contributed by atoms with van der Waals surface area (Å²) in [5.41, 5.74) is 1.20. The highest BCUT2D eigenvalue weighted by Crippen LogP contribution is 2.37. The van der Waals surface area contributed by atoms with Crippen LogP contribution in [0.4, 0.5) is 5.69 Å². The Kier molecular flexibility index (Phi) is 10.8. The van der Waals surface area contributed by atoms with Gasteiger partial charge in [0.05, 0.1) is 31.9 Å². The summed E-state index contributed by atoms with van der Waals surface area (Å²) in [6, 6.07) is 16.3. The topological polar surface area (TPSA) is 94.2 Å². The highest BCUT2D eigenvalue weighted by Gasteiger charge is 2.30. The van der Waals surface area contributed by atoms with Crippen LogP contribution in [0.25, 0.3) is 0 Å². The summed E-state index contributed by atoms with van der Waals surface area (Å²) in [5.74, 6) is 1.71. The zero-order chi connectivity index (χ0) is 27.7. The third-order valence-electron chi connectivity index (χ3n) is 5.37. The van der Waals surface area contributed by atoms with E-state index in [2.05, 4.69) is 5.32 Å². The number of amides is 1. The van der Waals surface area contributed by atoms with Gasteiger partial charge in [-0.05, 0) is 48.0 Å². The standard InChI is InChI=1S/C26H28Cl2N2O6S2/c1-34-23-9-7-20(28)14-22(23)30(38(32,33)21-8-10-24(35-2)25(15-21)36-3)16-26(31)29-11-12-37-17-18-5-4-6-19(27)13-18/h4-10,13-15H,11-12,16-17H2,1-3H3,(H,29,31). The number of carbonyl (C=O) groups excluding carboxylic acids is 1. The number of benzene rings is 3. The summed E-state index contributed by atoms with van der Waals surface area (Å²) in [6.07, 6.45) is 0. The van der Waals surface area contributed by atoms with Crippen LogP contribution in [0, 0.1) is 0 Å². The van der Waals surface area contributed by atoms with Crippen molar-refractivity contribution in [1.82, 2.24) is 5.32 Å². The molecule has 38 heavy (non-hydrogen) atoms. The third kappa shape index (κ3) is 7.63. The summed E-state index contributed by atoms with van der Waals surface area (Å²) in [4.78, 5) is 12.8. The first-order valence-electron chi connectivity index (χ1n) is 11.4. The van der Waals surface area contributed by atoms with E-state index >= 15 is 0 Å². The fourth-order valence-electron chi connectivity index (χ4n) is 3.53. The van der Waals surface area contributed by atoms with Crippen LogP contribution in [0.1, 0.15) is 5.56 Å². The molecule has 204 valence electrons. The van der Waals surface area contributed by atoms with E-state index in [-0.39, 0.29) is 27.1 Å². The Morgan fingerprint density at radius 1 is 0.895 bits per heavy atom. The normalized spacial score (nSPS) is 11.1. The molecule has 0 atom stereocenters. The van der Waals surface area contributed by atoms with Crippen molar-refractivity contribution < 1.29 is 27.4 Å². The van der Waals surface area contributed by atoms with Gasteiger partial charge in [-0.2, -0.15) is 11.8 Å². The average Bonchev–Trinajstić information content (AvgIpc) is 2.91. The molecule has 0 aromatic heterocycles. The molecule has 0 aliphatic carbocycles. The third-order valence-corrected chi connectivity index (χ3v) is 8.62. The van der Waals surface area contributed by atoms with Gasteiger partial charge in [0.1, 0.15) is 12.3 Å². The van der Waals surface area contributed by atoms with Crippen LogP contribution in [0.2, 0.25) is 10.0 Å². The maximum atomic E-state index is 13.8. The van der Waals surface area contributed by atoms with Crippen LogP contribution in [0.3, 0.4) is 0 Å². The molecule has 0 heterocycles. The Hall–Kier alpha value is -2.79. The minimum atomic E-state index is -4.25. The first-order valence-corrected chi connectivity index (χ1v) is 14.7. The van der Waals surface area contributed by atoms with Crippen molar-refractivity contribution >= 4 is 56.6 Å². The molecule has 0 saturated heterocycles. The molecular weight excluding hydrogens is 571 g/mol. The lowest BCUT2D eigenvalue weighted by molar-refractivity contribution is -0.119. The lowest BCUT2D eigenvalue weighted by Gasteiger charge is -2.26. The molecule has 0 aliphatic rings. The lowest BCUT2D eigenvalue weighted by atomic mass is 10.2. The summed E-state index contributed by atoms with van der Waals surface area (Å²) < 4.78 is 44.5. The Bertz CT molecular complexity index is 1370. The monoisotopic (exact) mass is 598 g/mol. The molecule has 0 radical (unpaired) electrons. The molecule has 0 saturated carbocycles. The number of methoxy groups -OCH3 is 3. The van der Waals surface area contributed by atoms with Crippen molar-refractivity contribution in [3.8, 4) is 17.2 Å². The van der Waals surface area contributed by atoms with Crippen LogP contribution in [-0.2, 0) is 20.6 Å². The molecule has 8 nitrogen and oxygen atoms in total. The molecule has 1 N–H and O–H groups in total. The Balaban J connectivity index is 1.80. The number of halogens is 2. The van der Waals surface area contributed by atoms with Gasteiger partial charge in [-0.15, -0.1) is 0 Å². The fraction of sp³-hybridized carbons (Fsp3) is 0.269. The molecule has 0 aliphatic heterocycles. The number of thioether (sulfide) groups is 1. The quantitative estimate of drug-likeness (QED) is 0.268. The van der Waals surface area contributed by atoms with Gasteiger partial charge < -0.3 is 19.5 Å². The molecule has 3 aromatic rings. The summed E-state index contributed by atoms with van der Waals surface area (Å²) >= 11 is 13.8. The van der Waals surface area contributed by atoms with Crippen LogP contribution in [0.15, 0.2) is 65.6 Å². The van der Waals surface area contributed by atoms with Gasteiger partial charge in [-0.1, -0.05) is 35.3 Å². The smallest absolute Gasteiger partial charge is 0.265 e. The van der Waals surface area contributed by atoms with Crippen LogP contribution < -0.4 is 23.8 Å². The van der Waals surface area contributed by atoms with Crippen molar-refractivity contribution in [2.75, 3.05) is 44.5 Å². The van der Waals surface area contributed by atoms with E-state index in [9.17, 15) is 13.2 Å². The van der Waals surface area contributed by atoms with Crippen LogP contribution >= 0.6 is 35.0 Å². The molecule has 3 aromatic carbocycles. The molecule has 3 rings (SSSR count). The first kappa shape index (κ1) is 29.8. The molecule has 12 heteroatoms. The number of ether oxygens (including phenoxy) is 3. The minimum absolute atomic E-state index is 0.0953. The second-order valence-corrected chi connectivity index (χ2v) is 11.7. The lowest BCUT2D eigenvalue weighted by Crippen LogP contribution is -2.41. The number of carbonyl (C=O) groups is 1. The molecule has 1 amide bonds. The average molecular weight is 600 g/mol. The summed E-state index contributed by atoms with van der Waals surface area (Å²) in [7, 11) is 0.0148. The highest BCUT2D eigenvalue weighted by molar-refractivity contribution is 7.98. The Labute approximate surface area is 237 Å². The van der Waals surface area contributed by atoms with Crippen LogP contribution in [0.5, 0.6) is 17.2 Å². The van der Waals surface area contributed by atoms with Crippen molar-refractivity contribution in [2.24, 2.45) is 0 Å². The van der Waals surface area contributed by atoms with Crippen molar-refractivity contribution in [1.29, 1.82) is 0 Å². The molecule has 0 spiro atoms. The zero-order valence-electron chi connectivity index (χ0n) is 21.1. The number of hydrogen-bond acceptors (Lipinski definition) is 7. The van der Waals surface area contributed by atoms with Gasteiger partial charge in [0, 0.05) is 34.2 Å². The van der Waals surface area contributed by atoms with E-state index in [1.54, 1.807) is 23.9 Å². The van der Waals surface area contributed by atoms with E-state index in [0.29, 0.717) is 23.1 Å². The highest BCUT2D eigenvalue weighted by atomic mass is 35.5. The molecular formula is C26H28Cl2N2O6S2. The summed E-state index contributed by atoms with van der Waals surface area (Å²) in [6.45, 7) is -0.146. The number of nitrogens with one attached hydrogen (secondary N) is 1.